The third-order valence-corrected chi connectivity index (χ3v) is 2.94. The van der Waals surface area contributed by atoms with Crippen molar-refractivity contribution < 1.29 is 26.7 Å². The fourth-order valence-corrected chi connectivity index (χ4v) is 1.90. The molecule has 114 valence electrons. The van der Waals surface area contributed by atoms with E-state index in [2.05, 4.69) is 5.32 Å². The Balaban J connectivity index is 3.27. The molecule has 1 atom stereocenters. The first-order valence-electron chi connectivity index (χ1n) is 5.97. The first-order chi connectivity index (χ1) is 9.15. The number of halogens is 5. The van der Waals surface area contributed by atoms with Crippen LogP contribution in [0.1, 0.15) is 24.1 Å². The predicted octanol–water partition coefficient (Wildman–Crippen LogP) is 3.85. The number of rotatable bonds is 5. The van der Waals surface area contributed by atoms with Crippen LogP contribution in [0.25, 0.3) is 0 Å². The molecule has 0 aliphatic carbocycles. The third-order valence-electron chi connectivity index (χ3n) is 2.94. The van der Waals surface area contributed by atoms with Gasteiger partial charge in [-0.25, -0.2) is 0 Å². The Morgan fingerprint density at radius 2 is 1.80 bits per heavy atom. The monoisotopic (exact) mass is 297 g/mol. The van der Waals surface area contributed by atoms with Gasteiger partial charge in [0, 0.05) is 0 Å². The fourth-order valence-electron chi connectivity index (χ4n) is 1.90. The Bertz CT molecular complexity index is 459. The molecule has 1 unspecified atom stereocenters. The van der Waals surface area contributed by atoms with Gasteiger partial charge in [-0.1, -0.05) is 13.0 Å². The van der Waals surface area contributed by atoms with Gasteiger partial charge in [0.1, 0.15) is 11.8 Å². The molecule has 0 saturated carbocycles. The lowest BCUT2D eigenvalue weighted by atomic mass is 9.95. The molecule has 2 nitrogen and oxygen atoms in total. The molecule has 0 spiro atoms. The topological polar surface area (TPSA) is 21.3 Å². The number of ether oxygens (including phenoxy) is 1. The lowest BCUT2D eigenvalue weighted by molar-refractivity contribution is -0.294. The zero-order valence-electron chi connectivity index (χ0n) is 11.3. The first kappa shape index (κ1) is 16.7. The number of aryl methyl sites for hydroxylation is 1. The van der Waals surface area contributed by atoms with Gasteiger partial charge in [0.25, 0.3) is 0 Å². The van der Waals surface area contributed by atoms with Crippen molar-refractivity contribution in [2.75, 3.05) is 13.7 Å². The van der Waals surface area contributed by atoms with Crippen LogP contribution in [0.5, 0.6) is 5.75 Å². The van der Waals surface area contributed by atoms with Crippen LogP contribution in [0.4, 0.5) is 22.0 Å². The number of hydrogen-bond acceptors (Lipinski definition) is 2. The second-order valence-corrected chi connectivity index (χ2v) is 4.33. The van der Waals surface area contributed by atoms with E-state index in [9.17, 15) is 22.0 Å². The van der Waals surface area contributed by atoms with Crippen molar-refractivity contribution >= 4 is 0 Å². The summed E-state index contributed by atoms with van der Waals surface area (Å²) in [5.41, 5.74) is 0.203. The summed E-state index contributed by atoms with van der Waals surface area (Å²) in [7, 11) is 1.39. The molecular weight excluding hydrogens is 281 g/mol. The molecule has 0 aromatic heterocycles. The molecule has 20 heavy (non-hydrogen) atoms. The second kappa shape index (κ2) is 5.95. The van der Waals surface area contributed by atoms with Crippen LogP contribution in [0, 0.1) is 6.92 Å². The Morgan fingerprint density at radius 1 is 1.20 bits per heavy atom. The highest BCUT2D eigenvalue weighted by Gasteiger charge is 2.62. The van der Waals surface area contributed by atoms with Crippen molar-refractivity contribution in [3.63, 3.8) is 0 Å². The van der Waals surface area contributed by atoms with E-state index in [1.807, 2.05) is 0 Å². The van der Waals surface area contributed by atoms with Crippen LogP contribution in [0.3, 0.4) is 0 Å². The molecule has 0 heterocycles. The van der Waals surface area contributed by atoms with E-state index < -0.39 is 18.1 Å². The number of benzene rings is 1. The Hall–Kier alpha value is -1.37. The normalized spacial score (nSPS) is 14.2. The number of hydrogen-bond donors (Lipinski definition) is 1. The maximum absolute atomic E-state index is 13.6. The summed E-state index contributed by atoms with van der Waals surface area (Å²) in [6.45, 7) is 2.93. The number of alkyl halides is 5. The molecule has 1 N–H and O–H groups in total. The van der Waals surface area contributed by atoms with Crippen LogP contribution >= 0.6 is 0 Å². The lowest BCUT2D eigenvalue weighted by Gasteiger charge is -2.30. The van der Waals surface area contributed by atoms with Crippen molar-refractivity contribution in [3.8, 4) is 5.75 Å². The minimum absolute atomic E-state index is 0.0121. The average Bonchev–Trinajstić information content (AvgIpc) is 2.34. The molecule has 7 heteroatoms. The second-order valence-electron chi connectivity index (χ2n) is 4.33. The van der Waals surface area contributed by atoms with Crippen LogP contribution in [0.15, 0.2) is 18.2 Å². The summed E-state index contributed by atoms with van der Waals surface area (Å²) in [5, 5.41) is 2.21. The van der Waals surface area contributed by atoms with Crippen molar-refractivity contribution in [1.29, 1.82) is 0 Å². The van der Waals surface area contributed by atoms with Crippen LogP contribution in [-0.4, -0.2) is 25.8 Å². The highest BCUT2D eigenvalue weighted by molar-refractivity contribution is 5.37. The summed E-state index contributed by atoms with van der Waals surface area (Å²) in [6.07, 6.45) is -5.62. The van der Waals surface area contributed by atoms with Crippen LogP contribution < -0.4 is 10.1 Å². The van der Waals surface area contributed by atoms with Gasteiger partial charge >= 0.3 is 12.1 Å². The smallest absolute Gasteiger partial charge is 0.455 e. The Labute approximate surface area is 113 Å². The molecule has 0 saturated heterocycles. The number of methoxy groups -OCH3 is 1. The molecule has 0 aliphatic rings. The maximum atomic E-state index is 13.6. The summed E-state index contributed by atoms with van der Waals surface area (Å²) in [5.74, 6) is -4.46. The summed E-state index contributed by atoms with van der Waals surface area (Å²) < 4.78 is 69.8. The molecule has 0 radical (unpaired) electrons. The van der Waals surface area contributed by atoms with Crippen LogP contribution in [0.2, 0.25) is 0 Å². The molecule has 1 aromatic rings. The van der Waals surface area contributed by atoms with E-state index in [0.717, 1.165) is 0 Å². The van der Waals surface area contributed by atoms with Gasteiger partial charge in [-0.2, -0.15) is 22.0 Å². The largest absolute Gasteiger partial charge is 0.497 e. The van der Waals surface area contributed by atoms with E-state index in [1.54, 1.807) is 0 Å². The van der Waals surface area contributed by atoms with Crippen LogP contribution in [-0.2, 0) is 0 Å². The molecule has 1 aromatic carbocycles. The van der Waals surface area contributed by atoms with E-state index in [1.165, 1.54) is 39.2 Å². The van der Waals surface area contributed by atoms with Gasteiger partial charge in [0.05, 0.1) is 7.11 Å². The van der Waals surface area contributed by atoms with Gasteiger partial charge < -0.3 is 10.1 Å². The highest BCUT2D eigenvalue weighted by atomic mass is 19.4. The van der Waals surface area contributed by atoms with Crippen molar-refractivity contribution in [1.82, 2.24) is 5.32 Å². The van der Waals surface area contributed by atoms with E-state index >= 15 is 0 Å². The molecule has 0 amide bonds. The van der Waals surface area contributed by atoms with Crippen molar-refractivity contribution in [2.45, 2.75) is 32.0 Å². The average molecular weight is 297 g/mol. The number of nitrogens with one attached hydrogen (secondary N) is 1. The van der Waals surface area contributed by atoms with Crippen molar-refractivity contribution in [2.24, 2.45) is 0 Å². The summed E-state index contributed by atoms with van der Waals surface area (Å²) in [6, 6.07) is 1.88. The molecule has 0 aliphatic heterocycles. The van der Waals surface area contributed by atoms with E-state index in [-0.39, 0.29) is 12.1 Å². The maximum Gasteiger partial charge on any atom is 0.455 e. The Morgan fingerprint density at radius 3 is 2.20 bits per heavy atom. The van der Waals surface area contributed by atoms with Crippen molar-refractivity contribution in [3.05, 3.63) is 29.3 Å². The summed E-state index contributed by atoms with van der Waals surface area (Å²) in [4.78, 5) is 0. The SMILES string of the molecule is CCNC(c1ccc(OC)cc1C)C(F)(F)C(F)(F)F. The molecule has 0 fully saturated rings. The molecular formula is C13H16F5NO. The van der Waals surface area contributed by atoms with Gasteiger partial charge in [0.2, 0.25) is 0 Å². The highest BCUT2D eigenvalue weighted by Crippen LogP contribution is 2.45. The third kappa shape index (κ3) is 3.20. The first-order valence-corrected chi connectivity index (χ1v) is 5.97. The van der Waals surface area contributed by atoms with E-state index in [0.29, 0.717) is 11.3 Å². The fraction of sp³-hybridized carbons (Fsp3) is 0.538. The summed E-state index contributed by atoms with van der Waals surface area (Å²) >= 11 is 0. The molecule has 1 rings (SSSR count). The van der Waals surface area contributed by atoms with E-state index in [4.69, 9.17) is 4.74 Å². The minimum atomic E-state index is -5.62. The minimum Gasteiger partial charge on any atom is -0.497 e. The quantitative estimate of drug-likeness (QED) is 0.833. The van der Waals surface area contributed by atoms with Gasteiger partial charge in [-0.3, -0.25) is 0 Å². The van der Waals surface area contributed by atoms with Gasteiger partial charge in [-0.05, 0) is 36.7 Å². The lowest BCUT2D eigenvalue weighted by Crippen LogP contribution is -2.48. The zero-order valence-corrected chi connectivity index (χ0v) is 11.3. The predicted molar refractivity (Wildman–Crippen MR) is 65.2 cm³/mol. The zero-order chi connectivity index (χ0) is 15.6. The Kier molecular flexibility index (Phi) is 4.96. The van der Waals surface area contributed by atoms with Gasteiger partial charge in [-0.15, -0.1) is 0 Å². The molecule has 0 bridgehead atoms. The van der Waals surface area contributed by atoms with Gasteiger partial charge in [0.15, 0.2) is 0 Å². The standard InChI is InChI=1S/C13H16F5NO/c1-4-19-11(12(14,15)13(16,17)18)10-6-5-9(20-3)7-8(10)2/h5-7,11,19H,4H2,1-3H3.